The topological polar surface area (TPSA) is 56.8 Å². The van der Waals surface area contributed by atoms with E-state index in [1.165, 1.54) is 18.2 Å². The summed E-state index contributed by atoms with van der Waals surface area (Å²) in [7, 11) is 0. The van der Waals surface area contributed by atoms with E-state index < -0.39 is 6.36 Å². The van der Waals surface area contributed by atoms with Gasteiger partial charge >= 0.3 is 6.36 Å². The molecule has 0 aromatic heterocycles. The van der Waals surface area contributed by atoms with Gasteiger partial charge in [-0.15, -0.1) is 13.2 Å². The predicted octanol–water partition coefficient (Wildman–Crippen LogP) is 3.02. The number of allylic oxidation sites excluding steroid dienone is 1. The second-order valence-electron chi connectivity index (χ2n) is 2.90. The maximum absolute atomic E-state index is 11.8. The first-order valence-corrected chi connectivity index (χ1v) is 4.32. The fourth-order valence-corrected chi connectivity index (χ4v) is 1.02. The van der Waals surface area contributed by atoms with Crippen LogP contribution in [0.1, 0.15) is 5.56 Å². The summed E-state index contributed by atoms with van der Waals surface area (Å²) in [5.74, 6) is -0.356. The van der Waals surface area contributed by atoms with Crippen LogP contribution >= 0.6 is 0 Å². The zero-order valence-electron chi connectivity index (χ0n) is 8.32. The third-order valence-electron chi connectivity index (χ3n) is 1.67. The second-order valence-corrected chi connectivity index (χ2v) is 2.90. The van der Waals surface area contributed by atoms with Gasteiger partial charge < -0.3 is 4.74 Å². The van der Waals surface area contributed by atoms with Gasteiger partial charge in [0.2, 0.25) is 0 Å². The first kappa shape index (κ1) is 12.6. The molecule has 6 heteroatoms. The Morgan fingerprint density at radius 3 is 2.06 bits per heavy atom. The summed E-state index contributed by atoms with van der Waals surface area (Å²) >= 11 is 0. The maximum Gasteiger partial charge on any atom is 0.573 e. The van der Waals surface area contributed by atoms with Crippen LogP contribution in [0.15, 0.2) is 29.8 Å². The van der Waals surface area contributed by atoms with Crippen LogP contribution in [0.25, 0.3) is 6.08 Å². The highest BCUT2D eigenvalue weighted by atomic mass is 19.4. The van der Waals surface area contributed by atoms with Gasteiger partial charge in [0.15, 0.2) is 0 Å². The first-order chi connectivity index (χ1) is 7.94. The van der Waals surface area contributed by atoms with Gasteiger partial charge in [-0.2, -0.15) is 10.5 Å². The highest BCUT2D eigenvalue weighted by molar-refractivity contribution is 5.62. The third kappa shape index (κ3) is 4.27. The van der Waals surface area contributed by atoms with Gasteiger partial charge in [-0.1, -0.05) is 12.1 Å². The minimum absolute atomic E-state index is 0.130. The largest absolute Gasteiger partial charge is 0.573 e. The van der Waals surface area contributed by atoms with Crippen molar-refractivity contribution in [2.24, 2.45) is 0 Å². The number of nitrogens with zero attached hydrogens (tertiary/aromatic N) is 2. The van der Waals surface area contributed by atoms with Crippen LogP contribution in [0.2, 0.25) is 0 Å². The average molecular weight is 238 g/mol. The smallest absolute Gasteiger partial charge is 0.406 e. The van der Waals surface area contributed by atoms with E-state index in [9.17, 15) is 13.2 Å². The molecule has 0 heterocycles. The van der Waals surface area contributed by atoms with E-state index in [4.69, 9.17) is 10.5 Å². The molecule has 1 rings (SSSR count). The molecule has 1 aromatic carbocycles. The van der Waals surface area contributed by atoms with E-state index in [1.807, 2.05) is 0 Å². The number of nitriles is 2. The van der Waals surface area contributed by atoms with E-state index in [0.717, 1.165) is 12.1 Å². The molecule has 0 saturated heterocycles. The summed E-state index contributed by atoms with van der Waals surface area (Å²) in [6.45, 7) is 0. The fraction of sp³-hybridized carbons (Fsp3) is 0.0909. The monoisotopic (exact) mass is 238 g/mol. The molecule has 0 aliphatic heterocycles. The molecule has 0 saturated carbocycles. The highest BCUT2D eigenvalue weighted by Gasteiger charge is 2.30. The van der Waals surface area contributed by atoms with Crippen molar-refractivity contribution in [3.8, 4) is 17.9 Å². The molecule has 1 aromatic rings. The molecule has 0 aliphatic carbocycles. The van der Waals surface area contributed by atoms with E-state index in [-0.39, 0.29) is 11.3 Å². The van der Waals surface area contributed by atoms with Crippen molar-refractivity contribution >= 4 is 6.08 Å². The summed E-state index contributed by atoms with van der Waals surface area (Å²) in [6, 6.07) is 8.12. The van der Waals surface area contributed by atoms with Gasteiger partial charge in [0, 0.05) is 0 Å². The predicted molar refractivity (Wildman–Crippen MR) is 52.3 cm³/mol. The average Bonchev–Trinajstić information content (AvgIpc) is 2.26. The lowest BCUT2D eigenvalue weighted by Gasteiger charge is -2.08. The third-order valence-corrected chi connectivity index (χ3v) is 1.67. The van der Waals surface area contributed by atoms with E-state index in [2.05, 4.69) is 4.74 Å². The lowest BCUT2D eigenvalue weighted by molar-refractivity contribution is -0.274. The zero-order valence-corrected chi connectivity index (χ0v) is 8.32. The van der Waals surface area contributed by atoms with Crippen LogP contribution < -0.4 is 4.74 Å². The number of rotatable bonds is 2. The summed E-state index contributed by atoms with van der Waals surface area (Å²) in [6.07, 6.45) is -3.47. The zero-order chi connectivity index (χ0) is 12.9. The molecule has 86 valence electrons. The minimum Gasteiger partial charge on any atom is -0.406 e. The Morgan fingerprint density at radius 2 is 1.65 bits per heavy atom. The van der Waals surface area contributed by atoms with Crippen molar-refractivity contribution in [3.63, 3.8) is 0 Å². The van der Waals surface area contributed by atoms with E-state index in [0.29, 0.717) is 5.56 Å². The quantitative estimate of drug-likeness (QED) is 0.744. The molecule has 0 aliphatic rings. The Kier molecular flexibility index (Phi) is 3.74. The molecule has 3 nitrogen and oxygen atoms in total. The SMILES string of the molecule is N#CC(C#N)=Cc1ccc(OC(F)(F)F)cc1. The molecule has 0 atom stereocenters. The number of halogens is 3. The van der Waals surface area contributed by atoms with Crippen molar-refractivity contribution in [3.05, 3.63) is 35.4 Å². The van der Waals surface area contributed by atoms with Crippen molar-refractivity contribution < 1.29 is 17.9 Å². The number of hydrogen-bond acceptors (Lipinski definition) is 3. The van der Waals surface area contributed by atoms with Gasteiger partial charge in [-0.05, 0) is 23.8 Å². The van der Waals surface area contributed by atoms with Crippen LogP contribution in [0, 0.1) is 22.7 Å². The number of ether oxygens (including phenoxy) is 1. The Bertz CT molecular complexity index is 487. The lowest BCUT2D eigenvalue weighted by Crippen LogP contribution is -2.16. The Hall–Kier alpha value is -2.47. The van der Waals surface area contributed by atoms with Gasteiger partial charge in [0.1, 0.15) is 23.5 Å². The maximum atomic E-state index is 11.8. The number of alkyl halides is 3. The van der Waals surface area contributed by atoms with Gasteiger partial charge in [-0.25, -0.2) is 0 Å². The Labute approximate surface area is 95.0 Å². The Balaban J connectivity index is 2.87. The van der Waals surface area contributed by atoms with Crippen molar-refractivity contribution in [2.75, 3.05) is 0 Å². The van der Waals surface area contributed by atoms with Crippen molar-refractivity contribution in [2.45, 2.75) is 6.36 Å². The normalized spacial score (nSPS) is 9.94. The summed E-state index contributed by atoms with van der Waals surface area (Å²) in [5.41, 5.74) is 0.312. The Morgan fingerprint density at radius 1 is 1.12 bits per heavy atom. The summed E-state index contributed by atoms with van der Waals surface area (Å²) in [4.78, 5) is 0. The van der Waals surface area contributed by atoms with Crippen LogP contribution in [-0.4, -0.2) is 6.36 Å². The van der Waals surface area contributed by atoms with E-state index >= 15 is 0 Å². The molecule has 0 bridgehead atoms. The van der Waals surface area contributed by atoms with Crippen LogP contribution in [-0.2, 0) is 0 Å². The van der Waals surface area contributed by atoms with E-state index in [1.54, 1.807) is 12.1 Å². The van der Waals surface area contributed by atoms with Crippen molar-refractivity contribution in [1.29, 1.82) is 10.5 Å². The van der Waals surface area contributed by atoms with Gasteiger partial charge in [0.25, 0.3) is 0 Å². The van der Waals surface area contributed by atoms with Crippen LogP contribution in [0.4, 0.5) is 13.2 Å². The second kappa shape index (κ2) is 5.04. The lowest BCUT2D eigenvalue weighted by atomic mass is 10.1. The fourth-order valence-electron chi connectivity index (χ4n) is 1.02. The highest BCUT2D eigenvalue weighted by Crippen LogP contribution is 2.23. The molecule has 0 radical (unpaired) electrons. The summed E-state index contributed by atoms with van der Waals surface area (Å²) in [5, 5.41) is 17.0. The molecule has 0 amide bonds. The van der Waals surface area contributed by atoms with Crippen LogP contribution in [0.5, 0.6) is 5.75 Å². The van der Waals surface area contributed by atoms with Gasteiger partial charge in [0.05, 0.1) is 0 Å². The molecule has 0 unspecified atom stereocenters. The molecular formula is C11H5F3N2O. The summed E-state index contributed by atoms with van der Waals surface area (Å²) < 4.78 is 39.2. The first-order valence-electron chi connectivity index (χ1n) is 4.32. The molecule has 0 spiro atoms. The van der Waals surface area contributed by atoms with Crippen LogP contribution in [0.3, 0.4) is 0 Å². The molecule has 17 heavy (non-hydrogen) atoms. The standard InChI is InChI=1S/C11H5F3N2O/c12-11(13,14)17-10-3-1-8(2-4-10)5-9(6-15)7-16/h1-5H. The number of benzene rings is 1. The van der Waals surface area contributed by atoms with Crippen molar-refractivity contribution in [1.82, 2.24) is 0 Å². The minimum atomic E-state index is -4.73. The molecule has 0 fully saturated rings. The molecular weight excluding hydrogens is 233 g/mol. The molecule has 0 N–H and O–H groups in total. The number of hydrogen-bond donors (Lipinski definition) is 0. The van der Waals surface area contributed by atoms with Gasteiger partial charge in [-0.3, -0.25) is 0 Å².